The molecule has 2 nitrogen and oxygen atoms in total. The molecule has 1 heterocycles. The molecule has 2 rings (SSSR count). The summed E-state index contributed by atoms with van der Waals surface area (Å²) in [5, 5.41) is -0.524. The molecule has 1 aliphatic rings. The van der Waals surface area contributed by atoms with Gasteiger partial charge in [-0.3, -0.25) is 4.79 Å². The number of rotatable bonds is 2. The molecule has 102 valence electrons. The van der Waals surface area contributed by atoms with E-state index in [1.807, 2.05) is 11.0 Å². The minimum Gasteiger partial charge on any atom is -0.370 e. The Balaban J connectivity index is 2.26. The first kappa shape index (κ1) is 14.7. The summed E-state index contributed by atoms with van der Waals surface area (Å²) >= 11 is 7.71. The van der Waals surface area contributed by atoms with E-state index < -0.39 is 11.3 Å². The lowest BCUT2D eigenvalue weighted by molar-refractivity contribution is 0.108. The molecule has 19 heavy (non-hydrogen) atoms. The Bertz CT molecular complexity index is 533. The molecule has 1 fully saturated rings. The molecule has 0 unspecified atom stereocenters. The van der Waals surface area contributed by atoms with Crippen molar-refractivity contribution in [3.63, 3.8) is 0 Å². The predicted octanol–water partition coefficient (Wildman–Crippen LogP) is 4.42. The van der Waals surface area contributed by atoms with Crippen molar-refractivity contribution in [2.75, 3.05) is 18.0 Å². The van der Waals surface area contributed by atoms with Crippen LogP contribution in [-0.2, 0) is 0 Å². The van der Waals surface area contributed by atoms with Crippen LogP contribution in [0.2, 0.25) is 0 Å². The maximum Gasteiger partial charge on any atom is 0.269 e. The van der Waals surface area contributed by atoms with Gasteiger partial charge < -0.3 is 4.90 Å². The molecular weight excluding hydrogens is 387 g/mol. The summed E-state index contributed by atoms with van der Waals surface area (Å²) < 4.78 is 26.0. The van der Waals surface area contributed by atoms with Gasteiger partial charge in [0.25, 0.3) is 11.3 Å². The van der Waals surface area contributed by atoms with E-state index in [2.05, 4.69) is 22.6 Å². The number of hydrogen-bond donors (Lipinski definition) is 0. The zero-order valence-electron chi connectivity index (χ0n) is 9.93. The van der Waals surface area contributed by atoms with Crippen LogP contribution in [0.5, 0.6) is 0 Å². The van der Waals surface area contributed by atoms with Gasteiger partial charge in [0.2, 0.25) is 0 Å². The third kappa shape index (κ3) is 3.45. The third-order valence-electron chi connectivity index (χ3n) is 3.15. The van der Waals surface area contributed by atoms with Crippen molar-refractivity contribution >= 4 is 45.1 Å². The highest BCUT2D eigenvalue weighted by Gasteiger charge is 2.21. The SMILES string of the molecule is O=C(Cl)c1ccc(I)cc1N1CCC(=C(F)F)CC1. The Labute approximate surface area is 128 Å². The monoisotopic (exact) mass is 397 g/mol. The lowest BCUT2D eigenvalue weighted by Gasteiger charge is -2.31. The van der Waals surface area contributed by atoms with Crippen LogP contribution in [0.1, 0.15) is 23.2 Å². The minimum absolute atomic E-state index is 0.209. The molecule has 0 saturated carbocycles. The zero-order chi connectivity index (χ0) is 14.0. The number of piperidine rings is 1. The average molecular weight is 398 g/mol. The first-order chi connectivity index (χ1) is 8.99. The van der Waals surface area contributed by atoms with Gasteiger partial charge in [-0.05, 0) is 70.8 Å². The van der Waals surface area contributed by atoms with Crippen molar-refractivity contribution in [1.29, 1.82) is 0 Å². The van der Waals surface area contributed by atoms with Crippen molar-refractivity contribution in [2.24, 2.45) is 0 Å². The van der Waals surface area contributed by atoms with E-state index in [1.54, 1.807) is 12.1 Å². The second kappa shape index (κ2) is 6.17. The fourth-order valence-corrected chi connectivity index (χ4v) is 2.77. The number of benzene rings is 1. The lowest BCUT2D eigenvalue weighted by Crippen LogP contribution is -2.31. The molecule has 1 aliphatic heterocycles. The largest absolute Gasteiger partial charge is 0.370 e. The quantitative estimate of drug-likeness (QED) is 0.544. The molecule has 0 atom stereocenters. The van der Waals surface area contributed by atoms with Crippen molar-refractivity contribution in [3.8, 4) is 0 Å². The Morgan fingerprint density at radius 2 is 1.89 bits per heavy atom. The standard InChI is InChI=1S/C13H11ClF2INO/c14-12(19)10-2-1-9(17)7-11(10)18-5-3-8(4-6-18)13(15)16/h1-2,7H,3-6H2. The van der Waals surface area contributed by atoms with Crippen LogP contribution in [0, 0.1) is 3.57 Å². The second-order valence-electron chi connectivity index (χ2n) is 4.29. The Morgan fingerprint density at radius 3 is 2.42 bits per heavy atom. The number of carbonyl (C=O) groups is 1. The molecule has 0 amide bonds. The molecule has 6 heteroatoms. The lowest BCUT2D eigenvalue weighted by atomic mass is 10.0. The van der Waals surface area contributed by atoms with E-state index in [4.69, 9.17) is 11.6 Å². The van der Waals surface area contributed by atoms with Crippen LogP contribution < -0.4 is 4.90 Å². The molecule has 1 aromatic rings. The average Bonchev–Trinajstić information content (AvgIpc) is 2.38. The van der Waals surface area contributed by atoms with Crippen LogP contribution in [0.4, 0.5) is 14.5 Å². The fraction of sp³-hybridized carbons (Fsp3) is 0.308. The first-order valence-corrected chi connectivity index (χ1v) is 7.22. The van der Waals surface area contributed by atoms with Crippen LogP contribution in [-0.4, -0.2) is 18.3 Å². The summed E-state index contributed by atoms with van der Waals surface area (Å²) in [6.07, 6.45) is -0.927. The molecule has 0 bridgehead atoms. The fourth-order valence-electron chi connectivity index (χ4n) is 2.14. The van der Waals surface area contributed by atoms with E-state index in [9.17, 15) is 13.6 Å². The van der Waals surface area contributed by atoms with Gasteiger partial charge in [0.15, 0.2) is 0 Å². The van der Waals surface area contributed by atoms with Gasteiger partial charge in [-0.15, -0.1) is 0 Å². The Morgan fingerprint density at radius 1 is 1.26 bits per heavy atom. The summed E-state index contributed by atoms with van der Waals surface area (Å²) in [5.41, 5.74) is 1.36. The summed E-state index contributed by atoms with van der Waals surface area (Å²) in [6, 6.07) is 5.33. The van der Waals surface area contributed by atoms with Gasteiger partial charge in [0, 0.05) is 22.3 Å². The van der Waals surface area contributed by atoms with Crippen LogP contribution in [0.25, 0.3) is 0 Å². The van der Waals surface area contributed by atoms with Crippen molar-refractivity contribution in [1.82, 2.24) is 0 Å². The molecule has 0 aromatic heterocycles. The van der Waals surface area contributed by atoms with Crippen molar-refractivity contribution < 1.29 is 13.6 Å². The zero-order valence-corrected chi connectivity index (χ0v) is 12.8. The van der Waals surface area contributed by atoms with E-state index in [1.165, 1.54) is 0 Å². The Hall–Kier alpha value is -0.690. The number of nitrogens with zero attached hydrogens (tertiary/aromatic N) is 1. The van der Waals surface area contributed by atoms with Gasteiger partial charge in [-0.25, -0.2) is 0 Å². The molecule has 1 aromatic carbocycles. The maximum absolute atomic E-state index is 12.5. The van der Waals surface area contributed by atoms with Crippen molar-refractivity contribution in [3.05, 3.63) is 39.0 Å². The molecule has 0 N–H and O–H groups in total. The van der Waals surface area contributed by atoms with Gasteiger partial charge in [-0.1, -0.05) is 0 Å². The topological polar surface area (TPSA) is 20.3 Å². The van der Waals surface area contributed by atoms with E-state index in [0.717, 1.165) is 9.26 Å². The summed E-state index contributed by atoms with van der Waals surface area (Å²) in [5.74, 6) is 0. The molecular formula is C13H11ClF2INO. The summed E-state index contributed by atoms with van der Waals surface area (Å²) in [6.45, 7) is 0.952. The smallest absolute Gasteiger partial charge is 0.269 e. The number of anilines is 1. The highest BCUT2D eigenvalue weighted by atomic mass is 127. The number of hydrogen-bond acceptors (Lipinski definition) is 2. The first-order valence-electron chi connectivity index (χ1n) is 5.76. The second-order valence-corrected chi connectivity index (χ2v) is 5.88. The normalized spacial score (nSPS) is 15.6. The molecule has 0 spiro atoms. The van der Waals surface area contributed by atoms with E-state index in [-0.39, 0.29) is 5.57 Å². The summed E-state index contributed by atoms with van der Waals surface area (Å²) in [7, 11) is 0. The van der Waals surface area contributed by atoms with Gasteiger partial charge in [0.1, 0.15) is 0 Å². The van der Waals surface area contributed by atoms with Gasteiger partial charge >= 0.3 is 0 Å². The third-order valence-corrected chi connectivity index (χ3v) is 4.02. The molecule has 0 radical (unpaired) electrons. The van der Waals surface area contributed by atoms with Crippen LogP contribution in [0.15, 0.2) is 29.9 Å². The summed E-state index contributed by atoms with van der Waals surface area (Å²) in [4.78, 5) is 13.3. The van der Waals surface area contributed by atoms with Crippen LogP contribution >= 0.6 is 34.2 Å². The van der Waals surface area contributed by atoms with Crippen LogP contribution in [0.3, 0.4) is 0 Å². The van der Waals surface area contributed by atoms with E-state index in [0.29, 0.717) is 31.5 Å². The predicted molar refractivity (Wildman–Crippen MR) is 80.0 cm³/mol. The number of carbonyl (C=O) groups excluding carboxylic acids is 1. The minimum atomic E-state index is -1.57. The highest BCUT2D eigenvalue weighted by Crippen LogP contribution is 2.30. The number of halogens is 4. The Kier molecular flexibility index (Phi) is 4.78. The van der Waals surface area contributed by atoms with Gasteiger partial charge in [0.05, 0.1) is 5.56 Å². The van der Waals surface area contributed by atoms with Crippen molar-refractivity contribution in [2.45, 2.75) is 12.8 Å². The molecule has 0 aliphatic carbocycles. The molecule has 1 saturated heterocycles. The maximum atomic E-state index is 12.5. The highest BCUT2D eigenvalue weighted by molar-refractivity contribution is 14.1. The van der Waals surface area contributed by atoms with E-state index >= 15 is 0 Å². The van der Waals surface area contributed by atoms with Gasteiger partial charge in [-0.2, -0.15) is 8.78 Å².